The molecular weight excluding hydrogens is 438 g/mol. The quantitative estimate of drug-likeness (QED) is 0.579. The predicted molar refractivity (Wildman–Crippen MR) is 109 cm³/mol. The molecule has 0 spiro atoms. The summed E-state index contributed by atoms with van der Waals surface area (Å²) in [5, 5.41) is 10.5. The van der Waals surface area contributed by atoms with Crippen LogP contribution in [0.25, 0.3) is 0 Å². The number of rotatable bonds is 4. The Balaban J connectivity index is 1.73. The third kappa shape index (κ3) is 3.81. The normalized spacial score (nSPS) is 26.7. The minimum absolute atomic E-state index is 0.0385. The third-order valence-electron chi connectivity index (χ3n) is 6.46. The zero-order valence-electron chi connectivity index (χ0n) is 15.9. The van der Waals surface area contributed by atoms with Gasteiger partial charge >= 0.3 is 12.1 Å². The van der Waals surface area contributed by atoms with E-state index < -0.39 is 29.2 Å². The summed E-state index contributed by atoms with van der Waals surface area (Å²) in [5.41, 5.74) is 0.326. The van der Waals surface area contributed by atoms with Gasteiger partial charge in [0.2, 0.25) is 0 Å². The molecule has 0 unspecified atom stereocenters. The lowest BCUT2D eigenvalue weighted by Crippen LogP contribution is -2.51. The molecule has 2 aromatic rings. The van der Waals surface area contributed by atoms with E-state index in [1.165, 1.54) is 12.1 Å². The Labute approximate surface area is 182 Å². The van der Waals surface area contributed by atoms with E-state index in [0.717, 1.165) is 29.7 Å². The summed E-state index contributed by atoms with van der Waals surface area (Å²) >= 11 is 12.2. The van der Waals surface area contributed by atoms with Crippen molar-refractivity contribution >= 4 is 29.2 Å². The first-order valence-electron chi connectivity index (χ1n) is 9.71. The van der Waals surface area contributed by atoms with Gasteiger partial charge in [0.15, 0.2) is 0 Å². The van der Waals surface area contributed by atoms with E-state index in [-0.39, 0.29) is 6.04 Å². The molecule has 4 rings (SSSR count). The Morgan fingerprint density at radius 3 is 2.43 bits per heavy atom. The second kappa shape index (κ2) is 7.74. The van der Waals surface area contributed by atoms with Crippen LogP contribution >= 0.6 is 23.2 Å². The number of carboxylic acid groups (broad SMARTS) is 1. The maximum absolute atomic E-state index is 13.0. The first-order chi connectivity index (χ1) is 14.1. The average Bonchev–Trinajstić information content (AvgIpc) is 2.89. The number of hydrogen-bond donors (Lipinski definition) is 1. The van der Waals surface area contributed by atoms with Crippen LogP contribution in [0.15, 0.2) is 42.5 Å². The van der Waals surface area contributed by atoms with Crippen LogP contribution in [0.4, 0.5) is 13.2 Å². The van der Waals surface area contributed by atoms with E-state index in [2.05, 4.69) is 4.90 Å². The summed E-state index contributed by atoms with van der Waals surface area (Å²) in [6, 6.07) is 10.6. The summed E-state index contributed by atoms with van der Waals surface area (Å²) in [5.74, 6) is -1.38. The van der Waals surface area contributed by atoms with Gasteiger partial charge in [-0.15, -0.1) is 0 Å². The van der Waals surface area contributed by atoms with Crippen molar-refractivity contribution in [2.45, 2.75) is 50.0 Å². The van der Waals surface area contributed by atoms with Gasteiger partial charge in [-0.3, -0.25) is 9.69 Å². The van der Waals surface area contributed by atoms with Gasteiger partial charge in [-0.1, -0.05) is 41.4 Å². The molecule has 30 heavy (non-hydrogen) atoms. The van der Waals surface area contributed by atoms with Crippen LogP contribution in [-0.4, -0.2) is 22.0 Å². The smallest absolute Gasteiger partial charge is 0.416 e. The molecule has 2 heterocycles. The van der Waals surface area contributed by atoms with Gasteiger partial charge in [0.1, 0.15) is 0 Å². The Morgan fingerprint density at radius 1 is 1.13 bits per heavy atom. The van der Waals surface area contributed by atoms with Crippen LogP contribution < -0.4 is 0 Å². The Hall–Kier alpha value is -1.76. The molecule has 2 aliphatic rings. The number of aliphatic carboxylic acids is 1. The number of hydrogen-bond acceptors (Lipinski definition) is 2. The number of alkyl halides is 3. The van der Waals surface area contributed by atoms with Gasteiger partial charge in [0, 0.05) is 18.1 Å². The second-order valence-electron chi connectivity index (χ2n) is 8.15. The molecule has 3 nitrogen and oxygen atoms in total. The summed E-state index contributed by atoms with van der Waals surface area (Å²) < 4.78 is 39.1. The predicted octanol–water partition coefficient (Wildman–Crippen LogP) is 6.37. The lowest BCUT2D eigenvalue weighted by molar-refractivity contribution is -0.146. The monoisotopic (exact) mass is 457 g/mol. The molecule has 0 radical (unpaired) electrons. The number of benzene rings is 2. The molecule has 2 saturated heterocycles. The fraction of sp³-hybridized carbons (Fsp3) is 0.409. The van der Waals surface area contributed by atoms with Crippen molar-refractivity contribution in [1.29, 1.82) is 0 Å². The van der Waals surface area contributed by atoms with Gasteiger partial charge < -0.3 is 5.11 Å². The Morgan fingerprint density at radius 2 is 1.83 bits per heavy atom. The van der Waals surface area contributed by atoms with E-state index >= 15 is 0 Å². The maximum Gasteiger partial charge on any atom is 0.416 e. The van der Waals surface area contributed by atoms with Crippen LogP contribution in [-0.2, 0) is 23.1 Å². The van der Waals surface area contributed by atoms with Crippen molar-refractivity contribution in [2.24, 2.45) is 5.92 Å². The highest BCUT2D eigenvalue weighted by Crippen LogP contribution is 2.53. The van der Waals surface area contributed by atoms with Crippen LogP contribution in [0.1, 0.15) is 42.4 Å². The molecule has 160 valence electrons. The van der Waals surface area contributed by atoms with Crippen LogP contribution in [0.5, 0.6) is 0 Å². The van der Waals surface area contributed by atoms with E-state index in [1.54, 1.807) is 12.1 Å². The third-order valence-corrected chi connectivity index (χ3v) is 7.20. The molecular formula is C22H20Cl2F3NO2. The molecule has 2 aliphatic heterocycles. The van der Waals surface area contributed by atoms with Crippen molar-refractivity contribution in [3.63, 3.8) is 0 Å². The molecule has 0 saturated carbocycles. The highest BCUT2D eigenvalue weighted by molar-refractivity contribution is 6.42. The van der Waals surface area contributed by atoms with E-state index in [9.17, 15) is 23.1 Å². The summed E-state index contributed by atoms with van der Waals surface area (Å²) in [4.78, 5) is 14.0. The van der Waals surface area contributed by atoms with Crippen molar-refractivity contribution in [2.75, 3.05) is 0 Å². The van der Waals surface area contributed by atoms with Gasteiger partial charge in [-0.05, 0) is 61.1 Å². The number of halogens is 5. The summed E-state index contributed by atoms with van der Waals surface area (Å²) in [7, 11) is 0. The second-order valence-corrected chi connectivity index (χ2v) is 8.96. The van der Waals surface area contributed by atoms with Crippen molar-refractivity contribution < 1.29 is 23.1 Å². The lowest BCUT2D eigenvalue weighted by atomic mass is 9.76. The minimum atomic E-state index is -4.41. The van der Waals surface area contributed by atoms with Gasteiger partial charge in [0.25, 0.3) is 0 Å². The number of piperidine rings is 1. The zero-order chi connectivity index (χ0) is 21.7. The van der Waals surface area contributed by atoms with Crippen LogP contribution in [0.2, 0.25) is 10.0 Å². The Bertz CT molecular complexity index is 964. The molecule has 1 N–H and O–H groups in total. The average molecular weight is 458 g/mol. The minimum Gasteiger partial charge on any atom is -0.481 e. The summed E-state index contributed by atoms with van der Waals surface area (Å²) in [6.07, 6.45) is -2.02. The molecule has 2 aromatic carbocycles. The lowest BCUT2D eigenvalue weighted by Gasteiger charge is -2.47. The first-order valence-corrected chi connectivity index (χ1v) is 10.5. The highest BCUT2D eigenvalue weighted by atomic mass is 35.5. The fourth-order valence-corrected chi connectivity index (χ4v) is 5.36. The molecule has 3 atom stereocenters. The molecule has 2 fully saturated rings. The molecule has 0 aromatic heterocycles. The van der Waals surface area contributed by atoms with E-state index in [1.807, 2.05) is 6.07 Å². The topological polar surface area (TPSA) is 40.5 Å². The van der Waals surface area contributed by atoms with Gasteiger partial charge in [-0.25, -0.2) is 0 Å². The van der Waals surface area contributed by atoms with Crippen LogP contribution in [0.3, 0.4) is 0 Å². The maximum atomic E-state index is 13.0. The fourth-order valence-electron chi connectivity index (χ4n) is 5.04. The molecule has 8 heteroatoms. The molecule has 0 amide bonds. The SMILES string of the molecule is O=C(O)[C@@H]1C[C@H]2CC[C@@](c3ccc(C(F)(F)F)cc3)(C1)N2Cc1ccc(Cl)c(Cl)c1. The molecule has 2 bridgehead atoms. The zero-order valence-corrected chi connectivity index (χ0v) is 17.4. The number of fused-ring (bicyclic) bond motifs is 2. The van der Waals surface area contributed by atoms with Crippen molar-refractivity contribution in [1.82, 2.24) is 4.90 Å². The Kier molecular flexibility index (Phi) is 5.54. The molecule has 0 aliphatic carbocycles. The number of carboxylic acids is 1. The summed E-state index contributed by atoms with van der Waals surface area (Å²) in [6.45, 7) is 0.523. The van der Waals surface area contributed by atoms with Crippen molar-refractivity contribution in [3.05, 3.63) is 69.2 Å². The van der Waals surface area contributed by atoms with Gasteiger partial charge in [-0.2, -0.15) is 13.2 Å². The number of carbonyl (C=O) groups is 1. The van der Waals surface area contributed by atoms with Crippen molar-refractivity contribution in [3.8, 4) is 0 Å². The largest absolute Gasteiger partial charge is 0.481 e. The van der Waals surface area contributed by atoms with E-state index in [0.29, 0.717) is 35.9 Å². The van der Waals surface area contributed by atoms with E-state index in [4.69, 9.17) is 23.2 Å². The number of nitrogens with zero attached hydrogens (tertiary/aromatic N) is 1. The van der Waals surface area contributed by atoms with Crippen LogP contribution in [0, 0.1) is 5.92 Å². The highest BCUT2D eigenvalue weighted by Gasteiger charge is 2.54. The van der Waals surface area contributed by atoms with Gasteiger partial charge in [0.05, 0.1) is 21.5 Å². The first kappa shape index (κ1) is 21.5. The standard InChI is InChI=1S/C22H20Cl2F3NO2/c23-18-6-1-13(9-19(18)24)12-28-17-7-8-21(28,11-14(10-17)20(29)30)15-2-4-16(5-3-15)22(25,26)27/h1-6,9,14,17H,7-8,10-12H2,(H,29,30)/t14-,17-,21+/m1/s1.